The molecule has 112 valence electrons. The van der Waals surface area contributed by atoms with Gasteiger partial charge in [-0.3, -0.25) is 4.79 Å². The third-order valence-electron chi connectivity index (χ3n) is 3.98. The van der Waals surface area contributed by atoms with Gasteiger partial charge in [0.25, 0.3) is 5.91 Å². The Morgan fingerprint density at radius 1 is 1.55 bits per heavy atom. The molecule has 1 aliphatic carbocycles. The molecule has 1 unspecified atom stereocenters. The number of carbonyl (C=O) groups excluding carboxylic acids is 1. The van der Waals surface area contributed by atoms with Gasteiger partial charge in [0.1, 0.15) is 5.69 Å². The largest absolute Gasteiger partial charge is 0.340 e. The van der Waals surface area contributed by atoms with E-state index in [2.05, 4.69) is 34.3 Å². The van der Waals surface area contributed by atoms with Gasteiger partial charge in [-0.2, -0.15) is 0 Å². The summed E-state index contributed by atoms with van der Waals surface area (Å²) >= 11 is 3.47. The number of nitrogens with two attached hydrogens (primary N) is 1. The maximum Gasteiger partial charge on any atom is 0.270 e. The van der Waals surface area contributed by atoms with Crippen LogP contribution in [0.5, 0.6) is 0 Å². The Balaban J connectivity index is 1.99. The first-order valence-electron chi connectivity index (χ1n) is 7.28. The standard InChI is InChI=1S/C15H24BrN3O/c1-10(2)13(17)6-7-18(3)15(20)14-8-11(16)9-19(14)12-4-5-12/h8-10,12-13H,4-7,17H2,1-3H3. The summed E-state index contributed by atoms with van der Waals surface area (Å²) in [7, 11) is 1.85. The second-order valence-electron chi connectivity index (χ2n) is 6.11. The summed E-state index contributed by atoms with van der Waals surface area (Å²) in [5.41, 5.74) is 6.82. The molecule has 0 spiro atoms. The van der Waals surface area contributed by atoms with E-state index in [-0.39, 0.29) is 11.9 Å². The second-order valence-corrected chi connectivity index (χ2v) is 7.02. The smallest absolute Gasteiger partial charge is 0.270 e. The van der Waals surface area contributed by atoms with Crippen molar-refractivity contribution < 1.29 is 4.79 Å². The Morgan fingerprint density at radius 2 is 2.20 bits per heavy atom. The van der Waals surface area contributed by atoms with Crippen LogP contribution >= 0.6 is 15.9 Å². The molecule has 1 aromatic rings. The molecule has 2 N–H and O–H groups in total. The Kier molecular flexibility index (Phi) is 4.91. The monoisotopic (exact) mass is 341 g/mol. The Morgan fingerprint density at radius 3 is 2.75 bits per heavy atom. The summed E-state index contributed by atoms with van der Waals surface area (Å²) < 4.78 is 3.07. The predicted molar refractivity (Wildman–Crippen MR) is 84.8 cm³/mol. The Hall–Kier alpha value is -0.810. The second kappa shape index (κ2) is 6.31. The summed E-state index contributed by atoms with van der Waals surface area (Å²) in [6.45, 7) is 4.93. The van der Waals surface area contributed by atoms with Crippen molar-refractivity contribution in [2.75, 3.05) is 13.6 Å². The third kappa shape index (κ3) is 3.64. The van der Waals surface area contributed by atoms with E-state index >= 15 is 0 Å². The van der Waals surface area contributed by atoms with E-state index in [0.29, 0.717) is 18.5 Å². The molecule has 0 radical (unpaired) electrons. The average molecular weight is 342 g/mol. The van der Waals surface area contributed by atoms with E-state index in [0.717, 1.165) is 16.6 Å². The third-order valence-corrected chi connectivity index (χ3v) is 4.41. The normalized spacial score (nSPS) is 16.5. The van der Waals surface area contributed by atoms with Crippen LogP contribution in [0.3, 0.4) is 0 Å². The lowest BCUT2D eigenvalue weighted by molar-refractivity contribution is 0.0778. The molecular weight excluding hydrogens is 318 g/mol. The zero-order valence-corrected chi connectivity index (χ0v) is 14.1. The Bertz CT molecular complexity index is 479. The summed E-state index contributed by atoms with van der Waals surface area (Å²) in [5.74, 6) is 0.529. The first kappa shape index (κ1) is 15.6. The highest BCUT2D eigenvalue weighted by atomic mass is 79.9. The number of rotatable bonds is 6. The number of hydrogen-bond donors (Lipinski definition) is 1. The van der Waals surface area contributed by atoms with E-state index in [9.17, 15) is 4.79 Å². The molecule has 1 aliphatic rings. The SMILES string of the molecule is CC(C)C(N)CCN(C)C(=O)c1cc(Br)cn1C1CC1. The minimum atomic E-state index is 0.0820. The molecule has 1 heterocycles. The van der Waals surface area contributed by atoms with Crippen LogP contribution in [-0.4, -0.2) is 35.0 Å². The van der Waals surface area contributed by atoms with Crippen molar-refractivity contribution in [1.29, 1.82) is 0 Å². The molecular formula is C15H24BrN3O. The van der Waals surface area contributed by atoms with E-state index < -0.39 is 0 Å². The van der Waals surface area contributed by atoms with Gasteiger partial charge in [0.05, 0.1) is 0 Å². The van der Waals surface area contributed by atoms with Crippen molar-refractivity contribution in [3.63, 3.8) is 0 Å². The molecule has 1 amide bonds. The summed E-state index contributed by atoms with van der Waals surface area (Å²) in [6, 6.07) is 2.57. The van der Waals surface area contributed by atoms with E-state index in [1.807, 2.05) is 19.3 Å². The van der Waals surface area contributed by atoms with Crippen LogP contribution in [0.2, 0.25) is 0 Å². The highest BCUT2D eigenvalue weighted by molar-refractivity contribution is 9.10. The van der Waals surface area contributed by atoms with Gasteiger partial charge >= 0.3 is 0 Å². The number of nitrogens with zero attached hydrogens (tertiary/aromatic N) is 2. The molecule has 2 rings (SSSR count). The number of hydrogen-bond acceptors (Lipinski definition) is 2. The zero-order valence-electron chi connectivity index (χ0n) is 12.5. The summed E-state index contributed by atoms with van der Waals surface area (Å²) in [5, 5.41) is 0. The first-order chi connectivity index (χ1) is 9.40. The summed E-state index contributed by atoms with van der Waals surface area (Å²) in [6.07, 6.45) is 5.19. The van der Waals surface area contributed by atoms with Gasteiger partial charge in [0.2, 0.25) is 0 Å². The van der Waals surface area contributed by atoms with Gasteiger partial charge in [-0.05, 0) is 47.2 Å². The van der Waals surface area contributed by atoms with Crippen LogP contribution in [0.1, 0.15) is 49.6 Å². The molecule has 5 heteroatoms. The van der Waals surface area contributed by atoms with Crippen LogP contribution in [0, 0.1) is 5.92 Å². The average Bonchev–Trinajstić information content (AvgIpc) is 3.17. The fourth-order valence-corrected chi connectivity index (χ4v) is 2.68. The lowest BCUT2D eigenvalue weighted by atomic mass is 10.0. The number of amides is 1. The number of aromatic nitrogens is 1. The lowest BCUT2D eigenvalue weighted by Crippen LogP contribution is -2.35. The molecule has 0 aromatic carbocycles. The quantitative estimate of drug-likeness (QED) is 0.864. The van der Waals surface area contributed by atoms with Gasteiger partial charge in [-0.1, -0.05) is 13.8 Å². The van der Waals surface area contributed by atoms with Gasteiger partial charge in [0, 0.05) is 36.3 Å². The van der Waals surface area contributed by atoms with Crippen LogP contribution in [0.15, 0.2) is 16.7 Å². The molecule has 0 saturated heterocycles. The van der Waals surface area contributed by atoms with E-state index in [1.54, 1.807) is 4.90 Å². The highest BCUT2D eigenvalue weighted by Gasteiger charge is 2.28. The maximum atomic E-state index is 12.5. The van der Waals surface area contributed by atoms with E-state index in [4.69, 9.17) is 5.73 Å². The van der Waals surface area contributed by atoms with Gasteiger partial charge in [-0.25, -0.2) is 0 Å². The molecule has 4 nitrogen and oxygen atoms in total. The fraction of sp³-hybridized carbons (Fsp3) is 0.667. The number of carbonyl (C=O) groups is 1. The Labute approximate surface area is 129 Å². The summed E-state index contributed by atoms with van der Waals surface area (Å²) in [4.78, 5) is 14.3. The first-order valence-corrected chi connectivity index (χ1v) is 8.08. The predicted octanol–water partition coefficient (Wildman–Crippen LogP) is 3.03. The van der Waals surface area contributed by atoms with Gasteiger partial charge < -0.3 is 15.2 Å². The van der Waals surface area contributed by atoms with Crippen LogP contribution in [0.25, 0.3) is 0 Å². The zero-order chi connectivity index (χ0) is 14.9. The van der Waals surface area contributed by atoms with E-state index in [1.165, 1.54) is 12.8 Å². The van der Waals surface area contributed by atoms with Crippen molar-refractivity contribution in [2.45, 2.75) is 45.2 Å². The van der Waals surface area contributed by atoms with Gasteiger partial charge in [0.15, 0.2) is 0 Å². The molecule has 1 saturated carbocycles. The van der Waals surface area contributed by atoms with Crippen molar-refractivity contribution >= 4 is 21.8 Å². The molecule has 20 heavy (non-hydrogen) atoms. The van der Waals surface area contributed by atoms with Crippen molar-refractivity contribution in [1.82, 2.24) is 9.47 Å². The van der Waals surface area contributed by atoms with Gasteiger partial charge in [-0.15, -0.1) is 0 Å². The van der Waals surface area contributed by atoms with Crippen LogP contribution in [0.4, 0.5) is 0 Å². The lowest BCUT2D eigenvalue weighted by Gasteiger charge is -2.22. The fourth-order valence-electron chi connectivity index (χ4n) is 2.24. The van der Waals surface area contributed by atoms with Crippen LogP contribution in [-0.2, 0) is 0 Å². The highest BCUT2D eigenvalue weighted by Crippen LogP contribution is 2.37. The molecule has 1 atom stereocenters. The minimum absolute atomic E-state index is 0.0820. The molecule has 1 fully saturated rings. The molecule has 0 bridgehead atoms. The van der Waals surface area contributed by atoms with Crippen molar-refractivity contribution in [2.24, 2.45) is 11.7 Å². The molecule has 0 aliphatic heterocycles. The van der Waals surface area contributed by atoms with Crippen molar-refractivity contribution in [3.05, 3.63) is 22.4 Å². The minimum Gasteiger partial charge on any atom is -0.340 e. The molecule has 1 aromatic heterocycles. The maximum absolute atomic E-state index is 12.5. The topological polar surface area (TPSA) is 51.3 Å². The number of halogens is 1. The van der Waals surface area contributed by atoms with Crippen LogP contribution < -0.4 is 5.73 Å². The van der Waals surface area contributed by atoms with Crippen molar-refractivity contribution in [3.8, 4) is 0 Å².